The van der Waals surface area contributed by atoms with Gasteiger partial charge in [-0.1, -0.05) is 37.6 Å². The maximum Gasteiger partial charge on any atom is 0.273 e. The number of benzene rings is 3. The van der Waals surface area contributed by atoms with Gasteiger partial charge in [-0.15, -0.1) is 0 Å². The van der Waals surface area contributed by atoms with Crippen LogP contribution in [0.2, 0.25) is 5.02 Å². The van der Waals surface area contributed by atoms with Crippen molar-refractivity contribution in [2.75, 3.05) is 62.9 Å². The zero-order valence-corrected chi connectivity index (χ0v) is 26.5. The quantitative estimate of drug-likeness (QED) is 0.0907. The van der Waals surface area contributed by atoms with Crippen LogP contribution in [0.5, 0.6) is 5.75 Å². The zero-order chi connectivity index (χ0) is 32.4. The third-order valence-corrected chi connectivity index (χ3v) is 7.36. The summed E-state index contributed by atoms with van der Waals surface area (Å²) in [5.41, 5.74) is 11.0. The van der Waals surface area contributed by atoms with Crippen molar-refractivity contribution in [1.82, 2.24) is 9.91 Å². The predicted molar refractivity (Wildman–Crippen MR) is 175 cm³/mol. The summed E-state index contributed by atoms with van der Waals surface area (Å²) >= 11 is 6.60. The normalized spacial score (nSPS) is 13.3. The number of likely N-dealkylation sites (N-methyl/N-ethyl adjacent to an activating group) is 1. The molecule has 1 heterocycles. The van der Waals surface area contributed by atoms with Crippen molar-refractivity contribution >= 4 is 51.9 Å². The van der Waals surface area contributed by atoms with Crippen molar-refractivity contribution in [1.29, 1.82) is 0 Å². The number of hydrazine groups is 1. The first-order valence-corrected chi connectivity index (χ1v) is 14.6. The molecule has 0 radical (unpaired) electrons. The minimum absolute atomic E-state index is 0.154. The van der Waals surface area contributed by atoms with Gasteiger partial charge in [0.1, 0.15) is 17.1 Å². The fraction of sp³-hybridized carbons (Fsp3) is 0.290. The molecule has 1 fully saturated rings. The van der Waals surface area contributed by atoms with Gasteiger partial charge in [0.2, 0.25) is 0 Å². The predicted octanol–water partition coefficient (Wildman–Crippen LogP) is 3.03. The molecule has 9 N–H and O–H groups in total. The average Bonchev–Trinajstić information content (AvgIpc) is 3.06. The van der Waals surface area contributed by atoms with Crippen molar-refractivity contribution in [2.24, 2.45) is 11.6 Å². The molecule has 1 aliphatic rings. The molecule has 3 aromatic rings. The van der Waals surface area contributed by atoms with Gasteiger partial charge in [-0.25, -0.2) is 11.0 Å². The van der Waals surface area contributed by atoms with Crippen molar-refractivity contribution in [3.63, 3.8) is 0 Å². The number of quaternary nitrogens is 1. The highest BCUT2D eigenvalue weighted by atomic mass is 35.5. The summed E-state index contributed by atoms with van der Waals surface area (Å²) in [5, 5.41) is 17.3. The lowest BCUT2D eigenvalue weighted by molar-refractivity contribution is -0.825. The Balaban J connectivity index is 0.00000259. The molecule has 0 bridgehead atoms. The van der Waals surface area contributed by atoms with E-state index in [0.717, 1.165) is 11.2 Å². The highest BCUT2D eigenvalue weighted by molar-refractivity contribution is 6.33. The molecule has 0 atom stereocenters. The van der Waals surface area contributed by atoms with E-state index < -0.39 is 0 Å². The molecule has 13 heteroatoms. The van der Waals surface area contributed by atoms with E-state index in [2.05, 4.69) is 10.6 Å². The van der Waals surface area contributed by atoms with E-state index in [1.807, 2.05) is 30.9 Å². The SMILES string of the molecule is CC.CNc1ccc(C(=O)Nc2cc(N3CCN(C(=O)/C(=C(/N)c4ccccc4OC)N(C)N)CC3)c(Cl)cc2[NH2+]O)cc1. The van der Waals surface area contributed by atoms with Gasteiger partial charge in [0.05, 0.1) is 23.5 Å². The fourth-order valence-corrected chi connectivity index (χ4v) is 5.06. The number of carbonyl (C=O) groups excluding carboxylic acids is 2. The second-order valence-electron chi connectivity index (χ2n) is 9.65. The van der Waals surface area contributed by atoms with Crippen LogP contribution in [0.15, 0.2) is 66.4 Å². The van der Waals surface area contributed by atoms with E-state index in [1.165, 1.54) is 12.1 Å². The van der Waals surface area contributed by atoms with E-state index >= 15 is 0 Å². The van der Waals surface area contributed by atoms with Gasteiger partial charge in [0.15, 0.2) is 5.69 Å². The van der Waals surface area contributed by atoms with Crippen LogP contribution in [-0.2, 0) is 4.79 Å². The summed E-state index contributed by atoms with van der Waals surface area (Å²) in [4.78, 5) is 30.2. The molecule has 0 saturated carbocycles. The number of amides is 2. The Kier molecular flexibility index (Phi) is 12.2. The minimum Gasteiger partial charge on any atom is -0.496 e. The molecule has 3 aromatic carbocycles. The lowest BCUT2D eigenvalue weighted by Crippen LogP contribution is -2.74. The number of nitrogens with two attached hydrogens (primary N) is 3. The van der Waals surface area contributed by atoms with Crippen LogP contribution in [0, 0.1) is 0 Å². The van der Waals surface area contributed by atoms with Gasteiger partial charge in [0, 0.05) is 63.2 Å². The van der Waals surface area contributed by atoms with E-state index in [4.69, 9.17) is 27.9 Å². The summed E-state index contributed by atoms with van der Waals surface area (Å²) in [6, 6.07) is 17.5. The molecule has 44 heavy (non-hydrogen) atoms. The molecular weight excluding hydrogens is 584 g/mol. The Morgan fingerprint density at radius 3 is 2.25 bits per heavy atom. The number of nitrogens with one attached hydrogen (secondary N) is 2. The van der Waals surface area contributed by atoms with Crippen molar-refractivity contribution in [2.45, 2.75) is 13.8 Å². The number of hydrogen-bond donors (Lipinski definition) is 6. The second kappa shape index (κ2) is 15.8. The maximum atomic E-state index is 13.6. The number of carbonyl (C=O) groups is 2. The van der Waals surface area contributed by atoms with Gasteiger partial charge in [-0.2, -0.15) is 5.48 Å². The summed E-state index contributed by atoms with van der Waals surface area (Å²) in [5.74, 6) is 5.96. The second-order valence-corrected chi connectivity index (χ2v) is 10.1. The molecule has 2 amide bonds. The van der Waals surface area contributed by atoms with Gasteiger partial charge < -0.3 is 35.9 Å². The number of ether oxygens (including phenoxy) is 1. The maximum absolute atomic E-state index is 13.6. The Bertz CT molecular complexity index is 1470. The number of para-hydroxylation sites is 1. The first kappa shape index (κ1) is 34.0. The molecule has 0 aromatic heterocycles. The highest BCUT2D eigenvalue weighted by Crippen LogP contribution is 2.34. The van der Waals surface area contributed by atoms with Crippen LogP contribution in [0.1, 0.15) is 29.8 Å². The van der Waals surface area contributed by atoms with Gasteiger partial charge in [-0.05, 0) is 42.5 Å². The first-order valence-electron chi connectivity index (χ1n) is 14.2. The number of halogens is 1. The molecule has 0 aliphatic carbocycles. The Morgan fingerprint density at radius 2 is 1.68 bits per heavy atom. The van der Waals surface area contributed by atoms with Gasteiger partial charge >= 0.3 is 0 Å². The Labute approximate surface area is 263 Å². The van der Waals surface area contributed by atoms with Crippen LogP contribution < -0.4 is 37.3 Å². The third-order valence-electron chi connectivity index (χ3n) is 7.06. The first-order chi connectivity index (χ1) is 21.2. The number of hydrogen-bond acceptors (Lipinski definition) is 9. The lowest BCUT2D eigenvalue weighted by Gasteiger charge is -2.37. The van der Waals surface area contributed by atoms with Crippen LogP contribution in [-0.4, -0.2) is 74.3 Å². The monoisotopic (exact) mass is 625 g/mol. The molecule has 12 nitrogen and oxygen atoms in total. The van der Waals surface area contributed by atoms with E-state index in [1.54, 1.807) is 67.5 Å². The third kappa shape index (κ3) is 7.71. The highest BCUT2D eigenvalue weighted by Gasteiger charge is 2.29. The zero-order valence-electron chi connectivity index (χ0n) is 25.7. The molecule has 0 unspecified atom stereocenters. The van der Waals surface area contributed by atoms with Crippen molar-refractivity contribution < 1.29 is 25.0 Å². The van der Waals surface area contributed by atoms with Crippen LogP contribution in [0.4, 0.5) is 22.7 Å². The summed E-state index contributed by atoms with van der Waals surface area (Å²) < 4.78 is 5.42. The number of piperazine rings is 1. The molecular formula is C31H42ClN8O4+. The summed E-state index contributed by atoms with van der Waals surface area (Å²) in [6.07, 6.45) is 0. The molecule has 4 rings (SSSR count). The standard InChI is InChI=1S/C29H35ClN8O4.C2H6/c1-33-19-10-8-18(9-11-19)28(39)34-22-17-24(21(30)16-23(22)35-41)37-12-14-38(15-13-37)29(40)27(36(2)32)26(31)20-6-4-5-7-25(20)42-3;1-2/h4-11,16-17,33,35,41H,12-15,31-32H2,1-3H3,(H,34,39);1-2H3/p+1/b27-26-;. The smallest absolute Gasteiger partial charge is 0.273 e. The minimum atomic E-state index is -0.331. The van der Waals surface area contributed by atoms with Crippen LogP contribution in [0.25, 0.3) is 5.70 Å². The van der Waals surface area contributed by atoms with Crippen LogP contribution >= 0.6 is 11.6 Å². The number of nitrogens with zero attached hydrogens (tertiary/aromatic N) is 3. The molecule has 0 spiro atoms. The molecule has 1 aliphatic heterocycles. The van der Waals surface area contributed by atoms with E-state index in [-0.39, 0.29) is 23.2 Å². The largest absolute Gasteiger partial charge is 0.496 e. The Morgan fingerprint density at radius 1 is 1.05 bits per heavy atom. The number of methoxy groups -OCH3 is 1. The Hall–Kier alpha value is -4.49. The number of rotatable bonds is 9. The topological polar surface area (TPSA) is 166 Å². The number of anilines is 3. The molecule has 1 saturated heterocycles. The van der Waals surface area contributed by atoms with Gasteiger partial charge in [-0.3, -0.25) is 9.59 Å². The lowest BCUT2D eigenvalue weighted by atomic mass is 10.1. The summed E-state index contributed by atoms with van der Waals surface area (Å²) in [7, 11) is 4.90. The van der Waals surface area contributed by atoms with E-state index in [0.29, 0.717) is 65.1 Å². The van der Waals surface area contributed by atoms with Crippen molar-refractivity contribution in [3.8, 4) is 5.75 Å². The van der Waals surface area contributed by atoms with Gasteiger partial charge in [0.25, 0.3) is 11.8 Å². The average molecular weight is 626 g/mol. The van der Waals surface area contributed by atoms with Crippen LogP contribution in [0.3, 0.4) is 0 Å². The van der Waals surface area contributed by atoms with Crippen molar-refractivity contribution in [3.05, 3.63) is 82.5 Å². The van der Waals surface area contributed by atoms with E-state index in [9.17, 15) is 14.8 Å². The molecule has 236 valence electrons. The fourth-order valence-electron chi connectivity index (χ4n) is 4.77. The summed E-state index contributed by atoms with van der Waals surface area (Å²) in [6.45, 7) is 5.67.